The number of benzene rings is 3. The van der Waals surface area contributed by atoms with Crippen LogP contribution in [0.25, 0.3) is 10.9 Å². The van der Waals surface area contributed by atoms with Gasteiger partial charge in [0.05, 0.1) is 19.7 Å². The van der Waals surface area contributed by atoms with E-state index < -0.39 is 17.7 Å². The van der Waals surface area contributed by atoms with Gasteiger partial charge in [-0.05, 0) is 29.8 Å². The van der Waals surface area contributed by atoms with Crippen LogP contribution in [0.2, 0.25) is 0 Å². The fourth-order valence-corrected chi connectivity index (χ4v) is 3.19. The van der Waals surface area contributed by atoms with Crippen LogP contribution in [0.3, 0.4) is 0 Å². The Morgan fingerprint density at radius 1 is 0.909 bits per heavy atom. The lowest BCUT2D eigenvalue weighted by molar-refractivity contribution is 0.262. The zero-order valence-electron chi connectivity index (χ0n) is 17.7. The molecule has 1 heterocycles. The Bertz CT molecular complexity index is 1270. The molecule has 0 atom stereocenters. The van der Waals surface area contributed by atoms with E-state index in [9.17, 15) is 13.6 Å². The Morgan fingerprint density at radius 2 is 1.61 bits per heavy atom. The van der Waals surface area contributed by atoms with Crippen LogP contribution in [0, 0.1) is 11.6 Å². The number of hydrogen-bond acceptors (Lipinski definition) is 5. The first-order valence-electron chi connectivity index (χ1n) is 9.80. The van der Waals surface area contributed by atoms with Gasteiger partial charge in [0.1, 0.15) is 35.5 Å². The number of urea groups is 1. The van der Waals surface area contributed by atoms with E-state index in [-0.39, 0.29) is 6.61 Å². The van der Waals surface area contributed by atoms with Gasteiger partial charge in [-0.3, -0.25) is 10.4 Å². The van der Waals surface area contributed by atoms with Crippen molar-refractivity contribution in [3.63, 3.8) is 0 Å². The highest BCUT2D eigenvalue weighted by Crippen LogP contribution is 2.27. The molecular formula is C23H20F2N4O4. The molecule has 0 aliphatic heterocycles. The Labute approximate surface area is 187 Å². The van der Waals surface area contributed by atoms with E-state index in [0.717, 1.165) is 6.07 Å². The minimum absolute atomic E-state index is 0.00810. The molecule has 10 heteroatoms. The Kier molecular flexibility index (Phi) is 6.25. The second-order valence-corrected chi connectivity index (χ2v) is 7.03. The second kappa shape index (κ2) is 9.43. The molecule has 1 aromatic heterocycles. The number of carbonyl (C=O) groups excluding carboxylic acids is 1. The minimum atomic E-state index is -0.668. The van der Waals surface area contributed by atoms with Crippen LogP contribution < -0.4 is 24.8 Å². The van der Waals surface area contributed by atoms with Crippen molar-refractivity contribution in [3.05, 3.63) is 71.8 Å². The first-order valence-corrected chi connectivity index (χ1v) is 9.80. The number of rotatable bonds is 7. The number of halogens is 2. The maximum absolute atomic E-state index is 13.3. The molecule has 0 aliphatic carbocycles. The maximum Gasteiger partial charge on any atom is 0.324 e. The van der Waals surface area contributed by atoms with Gasteiger partial charge in [0, 0.05) is 41.4 Å². The number of methoxy groups -OCH3 is 2. The molecule has 0 bridgehead atoms. The number of aromatic nitrogens is 2. The van der Waals surface area contributed by atoms with Crippen molar-refractivity contribution < 1.29 is 27.8 Å². The smallest absolute Gasteiger partial charge is 0.324 e. The summed E-state index contributed by atoms with van der Waals surface area (Å²) in [5, 5.41) is 13.0. The van der Waals surface area contributed by atoms with Crippen LogP contribution in [0.4, 0.5) is 25.1 Å². The van der Waals surface area contributed by atoms with E-state index in [4.69, 9.17) is 14.2 Å². The third kappa shape index (κ3) is 5.29. The molecule has 3 aromatic carbocycles. The largest absolute Gasteiger partial charge is 0.497 e. The highest BCUT2D eigenvalue weighted by molar-refractivity contribution is 6.04. The molecule has 0 unspecified atom stereocenters. The average molecular weight is 454 g/mol. The maximum atomic E-state index is 13.3. The zero-order chi connectivity index (χ0) is 23.4. The molecule has 33 heavy (non-hydrogen) atoms. The molecule has 8 nitrogen and oxygen atoms in total. The topological polar surface area (TPSA) is 97.5 Å². The molecule has 170 valence electrons. The van der Waals surface area contributed by atoms with Gasteiger partial charge >= 0.3 is 6.03 Å². The Hall–Kier alpha value is -4.34. The zero-order valence-corrected chi connectivity index (χ0v) is 17.7. The third-order valence-corrected chi connectivity index (χ3v) is 4.70. The van der Waals surface area contributed by atoms with Crippen LogP contribution in [0.5, 0.6) is 17.2 Å². The molecule has 4 rings (SSSR count). The number of aromatic amines is 1. The Morgan fingerprint density at radius 3 is 2.27 bits per heavy atom. The number of amides is 2. The van der Waals surface area contributed by atoms with Crippen LogP contribution in [-0.2, 0) is 6.61 Å². The summed E-state index contributed by atoms with van der Waals surface area (Å²) in [6.07, 6.45) is 0. The van der Waals surface area contributed by atoms with Gasteiger partial charge in [-0.2, -0.15) is 5.10 Å². The summed E-state index contributed by atoms with van der Waals surface area (Å²) < 4.78 is 42.7. The molecule has 0 saturated heterocycles. The molecule has 0 saturated carbocycles. The molecule has 2 amide bonds. The number of fused-ring (bicyclic) bond motifs is 1. The molecule has 4 aromatic rings. The molecule has 0 fully saturated rings. The third-order valence-electron chi connectivity index (χ3n) is 4.70. The molecule has 0 radical (unpaired) electrons. The Balaban J connectivity index is 1.43. The van der Waals surface area contributed by atoms with Gasteiger partial charge in [-0.1, -0.05) is 0 Å². The summed E-state index contributed by atoms with van der Waals surface area (Å²) in [7, 11) is 3.03. The van der Waals surface area contributed by atoms with E-state index in [1.54, 1.807) is 36.4 Å². The van der Waals surface area contributed by atoms with Gasteiger partial charge in [0.25, 0.3) is 0 Å². The summed E-state index contributed by atoms with van der Waals surface area (Å²) in [4.78, 5) is 12.5. The fourth-order valence-electron chi connectivity index (χ4n) is 3.19. The van der Waals surface area contributed by atoms with Crippen LogP contribution >= 0.6 is 0 Å². The lowest BCUT2D eigenvalue weighted by atomic mass is 10.2. The lowest BCUT2D eigenvalue weighted by Gasteiger charge is -2.10. The summed E-state index contributed by atoms with van der Waals surface area (Å²) in [5.41, 5.74) is 1.45. The molecule has 0 aliphatic rings. The molecular weight excluding hydrogens is 434 g/mol. The van der Waals surface area contributed by atoms with Crippen molar-refractivity contribution >= 4 is 28.4 Å². The van der Waals surface area contributed by atoms with Crippen LogP contribution in [0.1, 0.15) is 5.56 Å². The number of ether oxygens (including phenoxy) is 3. The van der Waals surface area contributed by atoms with Crippen molar-refractivity contribution in [3.8, 4) is 17.2 Å². The van der Waals surface area contributed by atoms with E-state index >= 15 is 0 Å². The first-order chi connectivity index (χ1) is 15.9. The number of carbonyl (C=O) groups is 1. The van der Waals surface area contributed by atoms with Crippen molar-refractivity contribution in [2.24, 2.45) is 0 Å². The second-order valence-electron chi connectivity index (χ2n) is 7.03. The van der Waals surface area contributed by atoms with Crippen LogP contribution in [0.15, 0.2) is 54.6 Å². The van der Waals surface area contributed by atoms with Crippen molar-refractivity contribution in [2.75, 3.05) is 24.9 Å². The van der Waals surface area contributed by atoms with Gasteiger partial charge in [-0.25, -0.2) is 13.6 Å². The van der Waals surface area contributed by atoms with E-state index in [0.29, 0.717) is 45.2 Å². The van der Waals surface area contributed by atoms with E-state index in [1.165, 1.54) is 26.4 Å². The molecule has 3 N–H and O–H groups in total. The summed E-state index contributed by atoms with van der Waals surface area (Å²) in [6.45, 7) is -0.00810. The van der Waals surface area contributed by atoms with Crippen LogP contribution in [-0.4, -0.2) is 30.4 Å². The van der Waals surface area contributed by atoms with Crippen molar-refractivity contribution in [2.45, 2.75) is 6.61 Å². The van der Waals surface area contributed by atoms with E-state index in [1.807, 2.05) is 0 Å². The SMILES string of the molecule is COc1cc(NC(=O)Nc2n[nH]c3cc(OCc4cc(F)cc(F)c4)ccc23)cc(OC)c1. The van der Waals surface area contributed by atoms with Gasteiger partial charge < -0.3 is 19.5 Å². The van der Waals surface area contributed by atoms with E-state index in [2.05, 4.69) is 20.8 Å². The predicted molar refractivity (Wildman–Crippen MR) is 119 cm³/mol. The highest BCUT2D eigenvalue weighted by Gasteiger charge is 2.12. The lowest BCUT2D eigenvalue weighted by Crippen LogP contribution is -2.19. The number of nitrogens with one attached hydrogen (secondary N) is 3. The number of nitrogens with zero attached hydrogens (tertiary/aromatic N) is 1. The monoisotopic (exact) mass is 454 g/mol. The standard InChI is InChI=1S/C23H20F2N4O4/c1-31-18-8-16(9-19(10-18)32-2)26-23(30)27-22-20-4-3-17(11-21(20)28-29-22)33-12-13-5-14(24)7-15(25)6-13/h3-11H,12H2,1-2H3,(H3,26,27,28,29,30). The predicted octanol–water partition coefficient (Wildman–Crippen LogP) is 5.08. The highest BCUT2D eigenvalue weighted by atomic mass is 19.1. The number of hydrogen-bond donors (Lipinski definition) is 3. The average Bonchev–Trinajstić information content (AvgIpc) is 3.18. The normalized spacial score (nSPS) is 10.7. The minimum Gasteiger partial charge on any atom is -0.497 e. The molecule has 0 spiro atoms. The van der Waals surface area contributed by atoms with Gasteiger partial charge in [0.15, 0.2) is 5.82 Å². The van der Waals surface area contributed by atoms with Crippen molar-refractivity contribution in [1.29, 1.82) is 0 Å². The summed E-state index contributed by atoms with van der Waals surface area (Å²) in [5.74, 6) is 0.510. The van der Waals surface area contributed by atoms with Crippen molar-refractivity contribution in [1.82, 2.24) is 10.2 Å². The summed E-state index contributed by atoms with van der Waals surface area (Å²) >= 11 is 0. The number of anilines is 2. The quantitative estimate of drug-likeness (QED) is 0.362. The van der Waals surface area contributed by atoms with Gasteiger partial charge in [0.2, 0.25) is 0 Å². The summed E-state index contributed by atoms with van der Waals surface area (Å²) in [6, 6.07) is 12.8. The number of H-pyrrole nitrogens is 1. The fraction of sp³-hybridized carbons (Fsp3) is 0.130. The van der Waals surface area contributed by atoms with Gasteiger partial charge in [-0.15, -0.1) is 0 Å². The first kappa shape index (κ1) is 21.9.